The van der Waals surface area contributed by atoms with Gasteiger partial charge in [0.1, 0.15) is 5.82 Å². The van der Waals surface area contributed by atoms with Crippen LogP contribution in [0.15, 0.2) is 12.1 Å². The van der Waals surface area contributed by atoms with Gasteiger partial charge in [-0.15, -0.1) is 0 Å². The molecule has 1 amide bonds. The first-order valence-corrected chi connectivity index (χ1v) is 6.98. The summed E-state index contributed by atoms with van der Waals surface area (Å²) in [4.78, 5) is 19.0. The molecule has 1 N–H and O–H groups in total. The summed E-state index contributed by atoms with van der Waals surface area (Å²) in [6, 6.07) is 3.73. The van der Waals surface area contributed by atoms with Gasteiger partial charge in [0.05, 0.1) is 0 Å². The Morgan fingerprint density at radius 3 is 2.79 bits per heavy atom. The van der Waals surface area contributed by atoms with Crippen LogP contribution in [0.1, 0.15) is 49.7 Å². The summed E-state index contributed by atoms with van der Waals surface area (Å²) in [5.41, 5.74) is 1.57. The highest BCUT2D eigenvalue weighted by atomic mass is 16.2. The summed E-state index contributed by atoms with van der Waals surface area (Å²) >= 11 is 0. The Labute approximate surface area is 115 Å². The van der Waals surface area contributed by atoms with Crippen molar-refractivity contribution in [2.24, 2.45) is 0 Å². The molecule has 1 fully saturated rings. The maximum atomic E-state index is 12.6. The quantitative estimate of drug-likeness (QED) is 0.910. The average Bonchev–Trinajstić information content (AvgIpc) is 2.67. The van der Waals surface area contributed by atoms with E-state index in [4.69, 9.17) is 0 Å². The second kappa shape index (κ2) is 5.19. The second-order valence-electron chi connectivity index (χ2n) is 5.79. The molecule has 0 spiro atoms. The Balaban J connectivity index is 2.28. The number of aromatic nitrogens is 1. The monoisotopic (exact) mass is 261 g/mol. The van der Waals surface area contributed by atoms with Crippen LogP contribution in [0.25, 0.3) is 0 Å². The van der Waals surface area contributed by atoms with E-state index in [9.17, 15) is 4.79 Å². The molecule has 0 saturated carbocycles. The van der Waals surface area contributed by atoms with Crippen LogP contribution in [-0.4, -0.2) is 34.4 Å². The third-order valence-electron chi connectivity index (χ3n) is 3.70. The van der Waals surface area contributed by atoms with Gasteiger partial charge in [-0.3, -0.25) is 4.79 Å². The molecule has 4 heteroatoms. The SMILES string of the molecule is CCNc1cc(C(=O)N2CCCC2(C)C)cc(C)n1. The first kappa shape index (κ1) is 13.8. The van der Waals surface area contributed by atoms with Crippen LogP contribution in [0.3, 0.4) is 0 Å². The molecule has 0 radical (unpaired) electrons. The van der Waals surface area contributed by atoms with E-state index in [0.29, 0.717) is 0 Å². The maximum absolute atomic E-state index is 12.6. The Bertz CT molecular complexity index is 482. The summed E-state index contributed by atoms with van der Waals surface area (Å²) < 4.78 is 0. The van der Waals surface area contributed by atoms with Crippen molar-refractivity contribution in [1.82, 2.24) is 9.88 Å². The van der Waals surface area contributed by atoms with Crippen LogP contribution in [-0.2, 0) is 0 Å². The average molecular weight is 261 g/mol. The van der Waals surface area contributed by atoms with E-state index in [0.717, 1.165) is 43.0 Å². The summed E-state index contributed by atoms with van der Waals surface area (Å²) in [6.07, 6.45) is 2.16. The van der Waals surface area contributed by atoms with E-state index in [2.05, 4.69) is 24.1 Å². The molecule has 104 valence electrons. The Hall–Kier alpha value is -1.58. The highest BCUT2D eigenvalue weighted by Gasteiger charge is 2.35. The van der Waals surface area contributed by atoms with Crippen molar-refractivity contribution in [3.05, 3.63) is 23.4 Å². The third-order valence-corrected chi connectivity index (χ3v) is 3.70. The standard InChI is InChI=1S/C15H23N3O/c1-5-16-13-10-12(9-11(2)17-13)14(19)18-8-6-7-15(18,3)4/h9-10H,5-8H2,1-4H3,(H,16,17). The number of aryl methyl sites for hydroxylation is 1. The molecular formula is C15H23N3O. The Morgan fingerprint density at radius 1 is 1.47 bits per heavy atom. The lowest BCUT2D eigenvalue weighted by Crippen LogP contribution is -2.42. The third kappa shape index (κ3) is 2.88. The van der Waals surface area contributed by atoms with Crippen LogP contribution in [0.5, 0.6) is 0 Å². The van der Waals surface area contributed by atoms with Crippen LogP contribution < -0.4 is 5.32 Å². The van der Waals surface area contributed by atoms with Crippen molar-refractivity contribution in [3.8, 4) is 0 Å². The van der Waals surface area contributed by atoms with Gasteiger partial charge in [-0.2, -0.15) is 0 Å². The van der Waals surface area contributed by atoms with Gasteiger partial charge in [0, 0.05) is 29.9 Å². The molecule has 2 heterocycles. The molecule has 1 aromatic heterocycles. The molecule has 1 aromatic rings. The molecule has 0 aromatic carbocycles. The fourth-order valence-corrected chi connectivity index (χ4v) is 2.70. The molecule has 1 aliphatic heterocycles. The number of carbonyl (C=O) groups is 1. The number of rotatable bonds is 3. The number of pyridine rings is 1. The number of nitrogens with one attached hydrogen (secondary N) is 1. The number of carbonyl (C=O) groups excluding carboxylic acids is 1. The van der Waals surface area contributed by atoms with E-state index in [-0.39, 0.29) is 11.4 Å². The number of amides is 1. The van der Waals surface area contributed by atoms with Crippen molar-refractivity contribution in [2.75, 3.05) is 18.4 Å². The summed E-state index contributed by atoms with van der Waals surface area (Å²) in [5.74, 6) is 0.898. The number of hydrogen-bond acceptors (Lipinski definition) is 3. The first-order valence-electron chi connectivity index (χ1n) is 6.98. The van der Waals surface area contributed by atoms with Gasteiger partial charge in [0.2, 0.25) is 0 Å². The van der Waals surface area contributed by atoms with Gasteiger partial charge in [-0.05, 0) is 52.7 Å². The normalized spacial score (nSPS) is 17.6. The van der Waals surface area contributed by atoms with E-state index < -0.39 is 0 Å². The smallest absolute Gasteiger partial charge is 0.254 e. The Kier molecular flexibility index (Phi) is 3.78. The summed E-state index contributed by atoms with van der Waals surface area (Å²) in [6.45, 7) is 9.87. The van der Waals surface area contributed by atoms with Crippen molar-refractivity contribution in [3.63, 3.8) is 0 Å². The molecule has 4 nitrogen and oxygen atoms in total. The van der Waals surface area contributed by atoms with Gasteiger partial charge >= 0.3 is 0 Å². The summed E-state index contributed by atoms with van der Waals surface area (Å²) in [5, 5.41) is 3.17. The van der Waals surface area contributed by atoms with Gasteiger partial charge < -0.3 is 10.2 Å². The lowest BCUT2D eigenvalue weighted by atomic mass is 10.0. The molecule has 0 bridgehead atoms. The van der Waals surface area contributed by atoms with Crippen LogP contribution in [0, 0.1) is 6.92 Å². The minimum absolute atomic E-state index is 0.0351. The van der Waals surface area contributed by atoms with E-state index in [1.54, 1.807) is 0 Å². The lowest BCUT2D eigenvalue weighted by molar-refractivity contribution is 0.0652. The van der Waals surface area contributed by atoms with Gasteiger partial charge in [0.15, 0.2) is 0 Å². The molecule has 1 saturated heterocycles. The fourth-order valence-electron chi connectivity index (χ4n) is 2.70. The van der Waals surface area contributed by atoms with Crippen molar-refractivity contribution in [2.45, 2.75) is 46.1 Å². The van der Waals surface area contributed by atoms with Crippen LogP contribution >= 0.6 is 0 Å². The predicted molar refractivity (Wildman–Crippen MR) is 77.5 cm³/mol. The lowest BCUT2D eigenvalue weighted by Gasteiger charge is -2.31. The zero-order valence-corrected chi connectivity index (χ0v) is 12.3. The van der Waals surface area contributed by atoms with E-state index in [1.165, 1.54) is 0 Å². The molecule has 0 atom stereocenters. The molecule has 0 aliphatic carbocycles. The number of likely N-dealkylation sites (tertiary alicyclic amines) is 1. The first-order chi connectivity index (χ1) is 8.94. The number of anilines is 1. The van der Waals surface area contributed by atoms with Crippen LogP contribution in [0.2, 0.25) is 0 Å². The van der Waals surface area contributed by atoms with Crippen molar-refractivity contribution in [1.29, 1.82) is 0 Å². The fraction of sp³-hybridized carbons (Fsp3) is 0.600. The highest BCUT2D eigenvalue weighted by Crippen LogP contribution is 2.30. The van der Waals surface area contributed by atoms with Crippen molar-refractivity contribution >= 4 is 11.7 Å². The largest absolute Gasteiger partial charge is 0.370 e. The van der Waals surface area contributed by atoms with Crippen LogP contribution in [0.4, 0.5) is 5.82 Å². The van der Waals surface area contributed by atoms with Gasteiger partial charge in [0.25, 0.3) is 5.91 Å². The zero-order valence-electron chi connectivity index (χ0n) is 12.3. The van der Waals surface area contributed by atoms with Gasteiger partial charge in [-0.1, -0.05) is 0 Å². The minimum Gasteiger partial charge on any atom is -0.370 e. The maximum Gasteiger partial charge on any atom is 0.254 e. The summed E-state index contributed by atoms with van der Waals surface area (Å²) in [7, 11) is 0. The van der Waals surface area contributed by atoms with Crippen molar-refractivity contribution < 1.29 is 4.79 Å². The number of nitrogens with zero attached hydrogens (tertiary/aromatic N) is 2. The zero-order chi connectivity index (χ0) is 14.0. The number of hydrogen-bond donors (Lipinski definition) is 1. The van der Waals surface area contributed by atoms with E-state index in [1.807, 2.05) is 30.9 Å². The Morgan fingerprint density at radius 2 is 2.21 bits per heavy atom. The minimum atomic E-state index is -0.0351. The molecular weight excluding hydrogens is 238 g/mol. The van der Waals surface area contributed by atoms with Gasteiger partial charge in [-0.25, -0.2) is 4.98 Å². The molecule has 2 rings (SSSR count). The highest BCUT2D eigenvalue weighted by molar-refractivity contribution is 5.95. The van der Waals surface area contributed by atoms with E-state index >= 15 is 0 Å². The topological polar surface area (TPSA) is 45.2 Å². The molecule has 1 aliphatic rings. The molecule has 19 heavy (non-hydrogen) atoms. The predicted octanol–water partition coefficient (Wildman–Crippen LogP) is 2.84. The molecule has 0 unspecified atom stereocenters. The second-order valence-corrected chi connectivity index (χ2v) is 5.79.